The van der Waals surface area contributed by atoms with E-state index in [-0.39, 0.29) is 6.10 Å². The second-order valence-electron chi connectivity index (χ2n) is 6.27. The number of benzene rings is 1. The minimum atomic E-state index is -0.211. The third-order valence-electron chi connectivity index (χ3n) is 4.56. The molecule has 1 fully saturated rings. The Bertz CT molecular complexity index is 871. The number of aromatic nitrogens is 3. The number of methoxy groups -OCH3 is 1. The van der Waals surface area contributed by atoms with Gasteiger partial charge in [-0.1, -0.05) is 5.16 Å². The molecule has 0 atom stereocenters. The van der Waals surface area contributed by atoms with Gasteiger partial charge in [-0.3, -0.25) is 0 Å². The van der Waals surface area contributed by atoms with Crippen LogP contribution in [0.1, 0.15) is 12.8 Å². The monoisotopic (exact) mass is 352 g/mol. The Morgan fingerprint density at radius 2 is 1.88 bits per heavy atom. The van der Waals surface area contributed by atoms with E-state index >= 15 is 0 Å². The lowest BCUT2D eigenvalue weighted by Crippen LogP contribution is -2.36. The summed E-state index contributed by atoms with van der Waals surface area (Å²) in [6.45, 7) is 1.58. The van der Waals surface area contributed by atoms with Crippen LogP contribution in [-0.4, -0.2) is 46.5 Å². The molecule has 0 bridgehead atoms. The molecule has 7 nitrogen and oxygen atoms in total. The van der Waals surface area contributed by atoms with Crippen LogP contribution in [0, 0.1) is 0 Å². The molecule has 1 saturated heterocycles. The van der Waals surface area contributed by atoms with E-state index in [1.165, 1.54) is 0 Å². The van der Waals surface area contributed by atoms with E-state index in [0.29, 0.717) is 11.7 Å². The number of pyridine rings is 1. The Morgan fingerprint density at radius 1 is 1.12 bits per heavy atom. The van der Waals surface area contributed by atoms with Gasteiger partial charge in [-0.05, 0) is 49.2 Å². The van der Waals surface area contributed by atoms with E-state index in [9.17, 15) is 5.11 Å². The van der Waals surface area contributed by atoms with Crippen molar-refractivity contribution < 1.29 is 14.4 Å². The molecule has 1 aliphatic heterocycles. The van der Waals surface area contributed by atoms with Crippen molar-refractivity contribution in [1.29, 1.82) is 0 Å². The SMILES string of the molecule is COc1ccc(-c2noc(-c3ccnc(N4CCC(O)CC4)c3)n2)cc1. The molecule has 3 heterocycles. The van der Waals surface area contributed by atoms with Crippen molar-refractivity contribution in [3.63, 3.8) is 0 Å². The molecule has 0 spiro atoms. The van der Waals surface area contributed by atoms with Gasteiger partial charge >= 0.3 is 0 Å². The minimum absolute atomic E-state index is 0.211. The van der Waals surface area contributed by atoms with Crippen LogP contribution in [0.25, 0.3) is 22.8 Å². The van der Waals surface area contributed by atoms with Gasteiger partial charge in [0.15, 0.2) is 0 Å². The largest absolute Gasteiger partial charge is 0.497 e. The number of hydrogen-bond donors (Lipinski definition) is 1. The number of aliphatic hydroxyl groups is 1. The summed E-state index contributed by atoms with van der Waals surface area (Å²) >= 11 is 0. The van der Waals surface area contributed by atoms with Crippen LogP contribution in [0.2, 0.25) is 0 Å². The van der Waals surface area contributed by atoms with Gasteiger partial charge in [0.1, 0.15) is 11.6 Å². The molecule has 26 heavy (non-hydrogen) atoms. The third kappa shape index (κ3) is 3.39. The van der Waals surface area contributed by atoms with Crippen molar-refractivity contribution >= 4 is 5.82 Å². The van der Waals surface area contributed by atoms with Gasteiger partial charge in [-0.2, -0.15) is 4.98 Å². The molecule has 0 amide bonds. The van der Waals surface area contributed by atoms with Crippen LogP contribution in [0.3, 0.4) is 0 Å². The summed E-state index contributed by atoms with van der Waals surface area (Å²) in [7, 11) is 1.63. The van der Waals surface area contributed by atoms with E-state index < -0.39 is 0 Å². The number of nitrogens with zero attached hydrogens (tertiary/aromatic N) is 4. The molecule has 1 aromatic carbocycles. The van der Waals surface area contributed by atoms with Crippen LogP contribution in [-0.2, 0) is 0 Å². The van der Waals surface area contributed by atoms with Gasteiger partial charge in [0, 0.05) is 30.4 Å². The molecule has 0 saturated carbocycles. The molecule has 134 valence electrons. The Kier molecular flexibility index (Phi) is 4.53. The van der Waals surface area contributed by atoms with E-state index in [1.807, 2.05) is 36.4 Å². The normalized spacial score (nSPS) is 15.2. The molecule has 0 unspecified atom stereocenters. The molecule has 1 N–H and O–H groups in total. The van der Waals surface area contributed by atoms with E-state index in [0.717, 1.165) is 48.6 Å². The highest BCUT2D eigenvalue weighted by atomic mass is 16.5. The highest BCUT2D eigenvalue weighted by Gasteiger charge is 2.19. The smallest absolute Gasteiger partial charge is 0.258 e. The summed E-state index contributed by atoms with van der Waals surface area (Å²) in [5.41, 5.74) is 1.69. The van der Waals surface area contributed by atoms with Gasteiger partial charge in [0.25, 0.3) is 5.89 Å². The average Bonchev–Trinajstić information content (AvgIpc) is 3.19. The topological polar surface area (TPSA) is 84.5 Å². The molecule has 0 aliphatic carbocycles. The van der Waals surface area contributed by atoms with Crippen molar-refractivity contribution in [1.82, 2.24) is 15.1 Å². The first-order chi connectivity index (χ1) is 12.7. The first-order valence-electron chi connectivity index (χ1n) is 8.60. The number of anilines is 1. The van der Waals surface area contributed by atoms with Gasteiger partial charge in [-0.25, -0.2) is 4.98 Å². The van der Waals surface area contributed by atoms with E-state index in [4.69, 9.17) is 9.26 Å². The molecular formula is C19H20N4O3. The highest BCUT2D eigenvalue weighted by Crippen LogP contribution is 2.26. The van der Waals surface area contributed by atoms with Crippen molar-refractivity contribution in [3.05, 3.63) is 42.6 Å². The second kappa shape index (κ2) is 7.13. The lowest BCUT2D eigenvalue weighted by Gasteiger charge is -2.30. The summed E-state index contributed by atoms with van der Waals surface area (Å²) in [5, 5.41) is 13.7. The summed E-state index contributed by atoms with van der Waals surface area (Å²) in [6.07, 6.45) is 3.05. The minimum Gasteiger partial charge on any atom is -0.497 e. The zero-order chi connectivity index (χ0) is 17.9. The molecule has 7 heteroatoms. The van der Waals surface area contributed by atoms with Crippen LogP contribution in [0.4, 0.5) is 5.82 Å². The van der Waals surface area contributed by atoms with Crippen molar-refractivity contribution in [2.75, 3.05) is 25.1 Å². The summed E-state index contributed by atoms with van der Waals surface area (Å²) in [5.74, 6) is 2.63. The molecule has 2 aromatic heterocycles. The molecular weight excluding hydrogens is 332 g/mol. The fourth-order valence-corrected chi connectivity index (χ4v) is 3.02. The quantitative estimate of drug-likeness (QED) is 0.773. The number of hydrogen-bond acceptors (Lipinski definition) is 7. The lowest BCUT2D eigenvalue weighted by molar-refractivity contribution is 0.145. The van der Waals surface area contributed by atoms with Crippen molar-refractivity contribution in [3.8, 4) is 28.6 Å². The first kappa shape index (κ1) is 16.5. The van der Waals surface area contributed by atoms with Gasteiger partial charge in [0.05, 0.1) is 13.2 Å². The van der Waals surface area contributed by atoms with Crippen LogP contribution in [0.5, 0.6) is 5.75 Å². The second-order valence-corrected chi connectivity index (χ2v) is 6.27. The molecule has 0 radical (unpaired) electrons. The zero-order valence-corrected chi connectivity index (χ0v) is 14.5. The maximum atomic E-state index is 9.66. The maximum absolute atomic E-state index is 9.66. The van der Waals surface area contributed by atoms with E-state index in [2.05, 4.69) is 20.0 Å². The molecule has 4 rings (SSSR count). The predicted molar refractivity (Wildman–Crippen MR) is 97.0 cm³/mol. The Hall–Kier alpha value is -2.93. The molecule has 1 aliphatic rings. The van der Waals surface area contributed by atoms with Crippen LogP contribution in [0.15, 0.2) is 47.1 Å². The maximum Gasteiger partial charge on any atom is 0.258 e. The summed E-state index contributed by atoms with van der Waals surface area (Å²) < 4.78 is 10.6. The van der Waals surface area contributed by atoms with Crippen LogP contribution >= 0.6 is 0 Å². The first-order valence-corrected chi connectivity index (χ1v) is 8.60. The average molecular weight is 352 g/mol. The number of piperidine rings is 1. The van der Waals surface area contributed by atoms with Crippen LogP contribution < -0.4 is 9.64 Å². The lowest BCUT2D eigenvalue weighted by atomic mass is 10.1. The van der Waals surface area contributed by atoms with Gasteiger partial charge in [-0.15, -0.1) is 0 Å². The van der Waals surface area contributed by atoms with Crippen molar-refractivity contribution in [2.45, 2.75) is 18.9 Å². The molecule has 3 aromatic rings. The summed E-state index contributed by atoms with van der Waals surface area (Å²) in [6, 6.07) is 11.3. The number of aliphatic hydroxyl groups excluding tert-OH is 1. The van der Waals surface area contributed by atoms with Gasteiger partial charge in [0.2, 0.25) is 5.82 Å². The Morgan fingerprint density at radius 3 is 2.62 bits per heavy atom. The zero-order valence-electron chi connectivity index (χ0n) is 14.5. The van der Waals surface area contributed by atoms with Gasteiger partial charge < -0.3 is 19.3 Å². The fourth-order valence-electron chi connectivity index (χ4n) is 3.02. The third-order valence-corrected chi connectivity index (χ3v) is 4.56. The van der Waals surface area contributed by atoms with Crippen molar-refractivity contribution in [2.24, 2.45) is 0 Å². The standard InChI is InChI=1S/C19H20N4O3/c1-25-16-4-2-13(3-5-16)18-21-19(26-22-18)14-6-9-20-17(12-14)23-10-7-15(24)8-11-23/h2-6,9,12,15,24H,7-8,10-11H2,1H3. The van der Waals surface area contributed by atoms with E-state index in [1.54, 1.807) is 13.3 Å². The Labute approximate surface area is 151 Å². The summed E-state index contributed by atoms with van der Waals surface area (Å²) in [4.78, 5) is 11.1. The number of ether oxygens (including phenoxy) is 1. The predicted octanol–water partition coefficient (Wildman–Crippen LogP) is 2.77. The highest BCUT2D eigenvalue weighted by molar-refractivity contribution is 5.62. The number of rotatable bonds is 4. The fraction of sp³-hybridized carbons (Fsp3) is 0.316. The Balaban J connectivity index is 1.56.